The monoisotopic (exact) mass is 286 g/mol. The van der Waals surface area contributed by atoms with Gasteiger partial charge in [-0.05, 0) is 32.9 Å². The molecule has 1 amide bonds. The molecule has 0 spiro atoms. The molecule has 0 aromatic rings. The number of hydrogen-bond acceptors (Lipinski definition) is 5. The average molecular weight is 286 g/mol. The van der Waals surface area contributed by atoms with Gasteiger partial charge in [-0.2, -0.15) is 0 Å². The van der Waals surface area contributed by atoms with Gasteiger partial charge in [-0.3, -0.25) is 4.79 Å². The van der Waals surface area contributed by atoms with E-state index in [2.05, 4.69) is 10.5 Å². The van der Waals surface area contributed by atoms with Crippen LogP contribution in [0.3, 0.4) is 0 Å². The van der Waals surface area contributed by atoms with E-state index in [1.54, 1.807) is 0 Å². The molecule has 1 fully saturated rings. The zero-order chi connectivity index (χ0) is 15.2. The fourth-order valence-electron chi connectivity index (χ4n) is 2.49. The Labute approximate surface area is 120 Å². The summed E-state index contributed by atoms with van der Waals surface area (Å²) in [7, 11) is 3.95. The molecule has 0 heterocycles. The summed E-state index contributed by atoms with van der Waals surface area (Å²) in [6.07, 6.45) is 1.24. The molecule has 1 rings (SSSR count). The minimum Gasteiger partial charge on any atom is -0.409 e. The van der Waals surface area contributed by atoms with Gasteiger partial charge in [-0.25, -0.2) is 0 Å². The molecule has 7 nitrogen and oxygen atoms in total. The number of nitrogens with one attached hydrogen (secondary N) is 1. The number of rotatable bonds is 8. The third-order valence-corrected chi connectivity index (χ3v) is 3.64. The molecular weight excluding hydrogens is 260 g/mol. The van der Waals surface area contributed by atoms with Gasteiger partial charge < -0.3 is 25.9 Å². The molecule has 116 valence electrons. The summed E-state index contributed by atoms with van der Waals surface area (Å²) >= 11 is 0. The van der Waals surface area contributed by atoms with Gasteiger partial charge in [-0.15, -0.1) is 0 Å². The smallest absolute Gasteiger partial charge is 0.234 e. The predicted molar refractivity (Wildman–Crippen MR) is 76.6 cm³/mol. The SMILES string of the molecule is CC1CC(C(=O)NCCOCCN(C)C)(C(N)=NO)C1. The van der Waals surface area contributed by atoms with E-state index in [-0.39, 0.29) is 11.7 Å². The predicted octanol–water partition coefficient (Wildman–Crippen LogP) is -0.156. The highest BCUT2D eigenvalue weighted by Gasteiger charge is 2.51. The molecule has 0 aromatic carbocycles. The highest BCUT2D eigenvalue weighted by atomic mass is 16.5. The van der Waals surface area contributed by atoms with Crippen LogP contribution in [0.15, 0.2) is 5.16 Å². The molecule has 1 saturated carbocycles. The van der Waals surface area contributed by atoms with Crippen LogP contribution < -0.4 is 11.1 Å². The van der Waals surface area contributed by atoms with Gasteiger partial charge in [0.05, 0.1) is 13.2 Å². The van der Waals surface area contributed by atoms with Gasteiger partial charge in [-0.1, -0.05) is 12.1 Å². The third-order valence-electron chi connectivity index (χ3n) is 3.64. The van der Waals surface area contributed by atoms with E-state index >= 15 is 0 Å². The van der Waals surface area contributed by atoms with Crippen molar-refractivity contribution in [3.05, 3.63) is 0 Å². The van der Waals surface area contributed by atoms with E-state index in [9.17, 15) is 4.79 Å². The summed E-state index contributed by atoms with van der Waals surface area (Å²) in [5, 5.41) is 14.6. The second kappa shape index (κ2) is 7.44. The standard InChI is InChI=1S/C13H26N4O3/c1-10-8-13(9-10,11(14)16-19)12(18)15-4-6-20-7-5-17(2)3/h10,19H,4-9H2,1-3H3,(H2,14,16)(H,15,18). The number of ether oxygens (including phenoxy) is 1. The first-order valence-corrected chi connectivity index (χ1v) is 6.91. The highest BCUT2D eigenvalue weighted by Crippen LogP contribution is 2.45. The van der Waals surface area contributed by atoms with Gasteiger partial charge in [0.25, 0.3) is 0 Å². The molecule has 1 aliphatic rings. The van der Waals surface area contributed by atoms with Crippen molar-refractivity contribution in [1.29, 1.82) is 0 Å². The van der Waals surface area contributed by atoms with Crippen LogP contribution in [0.2, 0.25) is 0 Å². The topological polar surface area (TPSA) is 100 Å². The zero-order valence-corrected chi connectivity index (χ0v) is 12.6. The molecular formula is C13H26N4O3. The van der Waals surface area contributed by atoms with Crippen LogP contribution >= 0.6 is 0 Å². The Morgan fingerprint density at radius 1 is 1.50 bits per heavy atom. The molecule has 0 aromatic heterocycles. The van der Waals surface area contributed by atoms with Crippen molar-refractivity contribution in [1.82, 2.24) is 10.2 Å². The Bertz CT molecular complexity index is 352. The molecule has 0 radical (unpaired) electrons. The summed E-state index contributed by atoms with van der Waals surface area (Å²) in [4.78, 5) is 14.2. The third kappa shape index (κ3) is 4.08. The van der Waals surface area contributed by atoms with Gasteiger partial charge >= 0.3 is 0 Å². The van der Waals surface area contributed by atoms with E-state index in [1.807, 2.05) is 25.9 Å². The first-order chi connectivity index (χ1) is 9.42. The van der Waals surface area contributed by atoms with Crippen LogP contribution in [0, 0.1) is 11.3 Å². The fourth-order valence-corrected chi connectivity index (χ4v) is 2.49. The first kappa shape index (κ1) is 16.7. The summed E-state index contributed by atoms with van der Waals surface area (Å²) in [5.74, 6) is 0.237. The van der Waals surface area contributed by atoms with Crippen LogP contribution in [0.5, 0.6) is 0 Å². The van der Waals surface area contributed by atoms with E-state index in [4.69, 9.17) is 15.7 Å². The minimum absolute atomic E-state index is 0.00151. The molecule has 0 saturated heterocycles. The molecule has 4 N–H and O–H groups in total. The molecule has 7 heteroatoms. The van der Waals surface area contributed by atoms with Crippen LogP contribution in [-0.4, -0.2) is 62.2 Å². The van der Waals surface area contributed by atoms with Crippen LogP contribution in [0.25, 0.3) is 0 Å². The highest BCUT2D eigenvalue weighted by molar-refractivity contribution is 6.07. The lowest BCUT2D eigenvalue weighted by Crippen LogP contribution is -2.57. The molecule has 0 unspecified atom stereocenters. The van der Waals surface area contributed by atoms with Crippen molar-refractivity contribution < 1.29 is 14.7 Å². The second-order valence-corrected chi connectivity index (χ2v) is 5.75. The van der Waals surface area contributed by atoms with E-state index in [0.717, 1.165) is 6.54 Å². The van der Waals surface area contributed by atoms with Crippen molar-refractivity contribution in [2.24, 2.45) is 22.2 Å². The zero-order valence-electron chi connectivity index (χ0n) is 12.6. The normalized spacial score (nSPS) is 26.4. The summed E-state index contributed by atoms with van der Waals surface area (Å²) in [5.41, 5.74) is 4.83. The van der Waals surface area contributed by atoms with E-state index in [0.29, 0.717) is 38.5 Å². The Hall–Kier alpha value is -1.34. The van der Waals surface area contributed by atoms with Gasteiger partial charge in [0, 0.05) is 13.1 Å². The average Bonchev–Trinajstić information content (AvgIpc) is 2.37. The van der Waals surface area contributed by atoms with Crippen LogP contribution in [-0.2, 0) is 9.53 Å². The summed E-state index contributed by atoms with van der Waals surface area (Å²) in [6, 6.07) is 0. The molecule has 0 aliphatic heterocycles. The Morgan fingerprint density at radius 2 is 2.15 bits per heavy atom. The number of nitrogens with two attached hydrogens (primary N) is 1. The van der Waals surface area contributed by atoms with Gasteiger partial charge in [0.2, 0.25) is 5.91 Å². The lowest BCUT2D eigenvalue weighted by Gasteiger charge is -2.43. The number of likely N-dealkylation sites (N-methyl/N-ethyl adjacent to an activating group) is 1. The van der Waals surface area contributed by atoms with Crippen LogP contribution in [0.4, 0.5) is 0 Å². The van der Waals surface area contributed by atoms with Crippen LogP contribution in [0.1, 0.15) is 19.8 Å². The van der Waals surface area contributed by atoms with Crippen molar-refractivity contribution in [2.45, 2.75) is 19.8 Å². The largest absolute Gasteiger partial charge is 0.409 e. The fraction of sp³-hybridized carbons (Fsp3) is 0.846. The Kier molecular flexibility index (Phi) is 6.22. The number of amidine groups is 1. The number of carbonyl (C=O) groups excluding carboxylic acids is 1. The minimum atomic E-state index is -0.836. The summed E-state index contributed by atoms with van der Waals surface area (Å²) < 4.78 is 5.40. The Balaban J connectivity index is 2.31. The second-order valence-electron chi connectivity index (χ2n) is 5.75. The van der Waals surface area contributed by atoms with E-state index in [1.165, 1.54) is 0 Å². The molecule has 0 atom stereocenters. The van der Waals surface area contributed by atoms with Gasteiger partial charge in [0.1, 0.15) is 5.41 Å². The maximum atomic E-state index is 12.2. The maximum Gasteiger partial charge on any atom is 0.234 e. The van der Waals surface area contributed by atoms with Crippen molar-refractivity contribution in [2.75, 3.05) is 40.4 Å². The lowest BCUT2D eigenvalue weighted by atomic mass is 9.61. The molecule has 1 aliphatic carbocycles. The Morgan fingerprint density at radius 3 is 2.65 bits per heavy atom. The number of oxime groups is 1. The maximum absolute atomic E-state index is 12.2. The quantitative estimate of drug-likeness (QED) is 0.189. The number of amides is 1. The van der Waals surface area contributed by atoms with Crippen molar-refractivity contribution >= 4 is 11.7 Å². The van der Waals surface area contributed by atoms with Gasteiger partial charge in [0.15, 0.2) is 5.84 Å². The molecule has 0 bridgehead atoms. The van der Waals surface area contributed by atoms with E-state index < -0.39 is 5.41 Å². The number of nitrogens with zero attached hydrogens (tertiary/aromatic N) is 2. The lowest BCUT2D eigenvalue weighted by molar-refractivity contribution is -0.133. The number of hydrogen-bond donors (Lipinski definition) is 3. The van der Waals surface area contributed by atoms with Crippen molar-refractivity contribution in [3.8, 4) is 0 Å². The molecule has 20 heavy (non-hydrogen) atoms. The van der Waals surface area contributed by atoms with Crippen molar-refractivity contribution in [3.63, 3.8) is 0 Å². The first-order valence-electron chi connectivity index (χ1n) is 6.91. The summed E-state index contributed by atoms with van der Waals surface area (Å²) in [6.45, 7) is 4.41. The number of carbonyl (C=O) groups is 1.